The summed E-state index contributed by atoms with van der Waals surface area (Å²) in [5.41, 5.74) is 1.24. The van der Waals surface area contributed by atoms with Crippen LogP contribution in [0.1, 0.15) is 32.3 Å². The van der Waals surface area contributed by atoms with Gasteiger partial charge < -0.3 is 14.8 Å². The van der Waals surface area contributed by atoms with Gasteiger partial charge in [0.1, 0.15) is 13.2 Å². The van der Waals surface area contributed by atoms with Gasteiger partial charge in [-0.05, 0) is 30.5 Å². The average molecular weight is 361 g/mol. The number of nitrogens with one attached hydrogen (secondary N) is 1. The predicted molar refractivity (Wildman–Crippen MR) is 102 cm³/mol. The molecular weight excluding hydrogens is 330 g/mol. The van der Waals surface area contributed by atoms with Crippen LogP contribution in [0.5, 0.6) is 11.5 Å². The molecule has 144 valence electrons. The topological polar surface area (TPSA) is 54.0 Å². The van der Waals surface area contributed by atoms with Crippen molar-refractivity contribution in [3.63, 3.8) is 0 Å². The molecule has 6 nitrogen and oxygen atoms in total. The van der Waals surface area contributed by atoms with Crippen molar-refractivity contribution in [3.8, 4) is 11.5 Å². The van der Waals surface area contributed by atoms with Crippen LogP contribution in [0.4, 0.5) is 0 Å². The van der Waals surface area contributed by atoms with Crippen molar-refractivity contribution in [1.29, 1.82) is 0 Å². The van der Waals surface area contributed by atoms with E-state index >= 15 is 0 Å². The minimum absolute atomic E-state index is 0.152. The molecule has 1 N–H and O–H groups in total. The molecule has 6 heteroatoms. The maximum atomic E-state index is 12.2. The van der Waals surface area contributed by atoms with Gasteiger partial charge in [0.15, 0.2) is 11.5 Å². The lowest BCUT2D eigenvalue weighted by molar-refractivity contribution is -0.123. The first-order valence-electron chi connectivity index (χ1n) is 9.80. The van der Waals surface area contributed by atoms with Crippen molar-refractivity contribution in [3.05, 3.63) is 23.8 Å². The number of benzene rings is 1. The van der Waals surface area contributed by atoms with Crippen molar-refractivity contribution >= 4 is 5.91 Å². The molecule has 26 heavy (non-hydrogen) atoms. The highest BCUT2D eigenvalue weighted by Gasteiger charge is 2.20. The van der Waals surface area contributed by atoms with Crippen LogP contribution in [0, 0.1) is 0 Å². The first-order chi connectivity index (χ1) is 12.7. The molecule has 1 amide bonds. The molecule has 1 saturated heterocycles. The molecule has 2 aliphatic rings. The number of rotatable bonds is 7. The fourth-order valence-electron chi connectivity index (χ4n) is 3.52. The van der Waals surface area contributed by atoms with E-state index in [2.05, 4.69) is 41.1 Å². The van der Waals surface area contributed by atoms with Crippen molar-refractivity contribution in [2.24, 2.45) is 0 Å². The number of ether oxygens (including phenoxy) is 2. The highest BCUT2D eigenvalue weighted by molar-refractivity contribution is 5.78. The molecular formula is C20H31N3O3. The van der Waals surface area contributed by atoms with Gasteiger partial charge in [0.05, 0.1) is 6.54 Å². The van der Waals surface area contributed by atoms with E-state index in [4.69, 9.17) is 9.47 Å². The summed E-state index contributed by atoms with van der Waals surface area (Å²) >= 11 is 0. The molecule has 2 aliphatic heterocycles. The third kappa shape index (κ3) is 5.11. The van der Waals surface area contributed by atoms with Gasteiger partial charge in [0.25, 0.3) is 0 Å². The van der Waals surface area contributed by atoms with Gasteiger partial charge in [-0.25, -0.2) is 0 Å². The normalized spacial score (nSPS) is 18.1. The Hall–Kier alpha value is -1.79. The van der Waals surface area contributed by atoms with Gasteiger partial charge in [-0.15, -0.1) is 0 Å². The number of piperazine rings is 1. The molecule has 1 fully saturated rings. The van der Waals surface area contributed by atoms with E-state index in [9.17, 15) is 4.79 Å². The minimum atomic E-state index is 0.152. The Labute approximate surface area is 156 Å². The van der Waals surface area contributed by atoms with Crippen molar-refractivity contribution in [2.45, 2.75) is 39.3 Å². The van der Waals surface area contributed by atoms with E-state index in [0.717, 1.165) is 57.1 Å². The summed E-state index contributed by atoms with van der Waals surface area (Å²) in [6.45, 7) is 10.7. The molecule has 0 atom stereocenters. The lowest BCUT2D eigenvalue weighted by atomic mass is 10.1. The zero-order chi connectivity index (χ0) is 18.4. The summed E-state index contributed by atoms with van der Waals surface area (Å²) in [7, 11) is 0. The summed E-state index contributed by atoms with van der Waals surface area (Å²) < 4.78 is 11.2. The fraction of sp³-hybridized carbons (Fsp3) is 0.650. The highest BCUT2D eigenvalue weighted by atomic mass is 16.6. The summed E-state index contributed by atoms with van der Waals surface area (Å²) in [4.78, 5) is 16.8. The van der Waals surface area contributed by atoms with Crippen molar-refractivity contribution in [1.82, 2.24) is 15.1 Å². The van der Waals surface area contributed by atoms with Gasteiger partial charge in [0, 0.05) is 38.8 Å². The fourth-order valence-corrected chi connectivity index (χ4v) is 3.52. The number of carbonyl (C=O) groups excluding carboxylic acids is 1. The Bertz CT molecular complexity index is 596. The molecule has 1 aromatic carbocycles. The first-order valence-corrected chi connectivity index (χ1v) is 9.80. The van der Waals surface area contributed by atoms with Gasteiger partial charge in [-0.2, -0.15) is 0 Å². The van der Waals surface area contributed by atoms with Crippen LogP contribution in [0.15, 0.2) is 18.2 Å². The molecule has 0 aliphatic carbocycles. The highest BCUT2D eigenvalue weighted by Crippen LogP contribution is 2.31. The Morgan fingerprint density at radius 2 is 1.69 bits per heavy atom. The van der Waals surface area contributed by atoms with Gasteiger partial charge in [0.2, 0.25) is 5.91 Å². The second-order valence-corrected chi connectivity index (χ2v) is 7.11. The van der Waals surface area contributed by atoms with Crippen LogP contribution in [-0.2, 0) is 11.3 Å². The molecule has 0 spiro atoms. The number of hydrogen-bond donors (Lipinski definition) is 1. The zero-order valence-electron chi connectivity index (χ0n) is 16.0. The molecule has 3 rings (SSSR count). The quantitative estimate of drug-likeness (QED) is 0.804. The number of nitrogens with zero attached hydrogens (tertiary/aromatic N) is 2. The van der Waals surface area contributed by atoms with E-state index in [0.29, 0.717) is 25.8 Å². The second-order valence-electron chi connectivity index (χ2n) is 7.11. The second kappa shape index (κ2) is 9.24. The molecule has 1 aromatic rings. The standard InChI is InChI=1S/C20H31N3O3/c1-3-17(4-2)21-20(24)15-23-9-7-22(8-10-23)14-16-5-6-18-19(13-16)26-12-11-25-18/h5-6,13,17H,3-4,7-12,14-15H2,1-2H3,(H,21,24). The number of fused-ring (bicyclic) bond motifs is 1. The Kier molecular flexibility index (Phi) is 6.74. The van der Waals surface area contributed by atoms with Crippen LogP contribution < -0.4 is 14.8 Å². The summed E-state index contributed by atoms with van der Waals surface area (Å²) in [6.07, 6.45) is 1.98. The molecule has 2 heterocycles. The lowest BCUT2D eigenvalue weighted by Gasteiger charge is -2.34. The molecule has 0 aromatic heterocycles. The third-order valence-electron chi connectivity index (χ3n) is 5.20. The SMILES string of the molecule is CCC(CC)NC(=O)CN1CCN(Cc2ccc3c(c2)OCCO3)CC1. The largest absolute Gasteiger partial charge is 0.486 e. The zero-order valence-corrected chi connectivity index (χ0v) is 16.0. The Morgan fingerprint density at radius 3 is 2.38 bits per heavy atom. The number of hydrogen-bond acceptors (Lipinski definition) is 5. The third-order valence-corrected chi connectivity index (χ3v) is 5.20. The van der Waals surface area contributed by atoms with Gasteiger partial charge >= 0.3 is 0 Å². The maximum absolute atomic E-state index is 12.2. The van der Waals surface area contributed by atoms with Gasteiger partial charge in [-0.3, -0.25) is 14.6 Å². The maximum Gasteiger partial charge on any atom is 0.234 e. The number of amides is 1. The average Bonchev–Trinajstić information content (AvgIpc) is 2.67. The van der Waals surface area contributed by atoms with E-state index in [1.807, 2.05) is 6.07 Å². The first kappa shape index (κ1) is 19.0. The van der Waals surface area contributed by atoms with Crippen LogP contribution in [0.2, 0.25) is 0 Å². The van der Waals surface area contributed by atoms with Crippen LogP contribution in [0.3, 0.4) is 0 Å². The lowest BCUT2D eigenvalue weighted by Crippen LogP contribution is -2.50. The van der Waals surface area contributed by atoms with Gasteiger partial charge in [-0.1, -0.05) is 19.9 Å². The summed E-state index contributed by atoms with van der Waals surface area (Å²) in [5.74, 6) is 1.85. The Morgan fingerprint density at radius 1 is 1.04 bits per heavy atom. The van der Waals surface area contributed by atoms with E-state index in [1.54, 1.807) is 0 Å². The monoisotopic (exact) mass is 361 g/mol. The van der Waals surface area contributed by atoms with Crippen LogP contribution in [0.25, 0.3) is 0 Å². The molecule has 0 saturated carbocycles. The summed E-state index contributed by atoms with van der Waals surface area (Å²) in [6, 6.07) is 6.51. The number of carbonyl (C=O) groups is 1. The van der Waals surface area contributed by atoms with E-state index in [-0.39, 0.29) is 5.91 Å². The molecule has 0 bridgehead atoms. The predicted octanol–water partition coefficient (Wildman–Crippen LogP) is 1.88. The van der Waals surface area contributed by atoms with Crippen molar-refractivity contribution < 1.29 is 14.3 Å². The smallest absolute Gasteiger partial charge is 0.234 e. The van der Waals surface area contributed by atoms with Crippen LogP contribution in [-0.4, -0.2) is 67.7 Å². The molecule has 0 unspecified atom stereocenters. The van der Waals surface area contributed by atoms with E-state index in [1.165, 1.54) is 5.56 Å². The molecule has 0 radical (unpaired) electrons. The van der Waals surface area contributed by atoms with Crippen LogP contribution >= 0.6 is 0 Å². The van der Waals surface area contributed by atoms with Crippen molar-refractivity contribution in [2.75, 3.05) is 45.9 Å². The summed E-state index contributed by atoms with van der Waals surface area (Å²) in [5, 5.41) is 3.12. The Balaban J connectivity index is 1.43. The van der Waals surface area contributed by atoms with E-state index < -0.39 is 0 Å². The minimum Gasteiger partial charge on any atom is -0.486 e.